The molecular weight excluding hydrogens is 378 g/mol. The number of hydrogen-bond donors (Lipinski definition) is 3. The van der Waals surface area contributed by atoms with Gasteiger partial charge in [-0.25, -0.2) is 8.93 Å². The Morgan fingerprint density at radius 1 is 1.36 bits per heavy atom. The summed E-state index contributed by atoms with van der Waals surface area (Å²) in [5.74, 6) is 1.37. The SMILES string of the molecule is Cc1c(CNS(=O)O)ccc(OCC2CC2)c1-c1cn(C)c(=O)c2[nH]ccc12. The van der Waals surface area contributed by atoms with E-state index in [2.05, 4.69) is 9.71 Å². The van der Waals surface area contributed by atoms with Crippen molar-refractivity contribution in [3.05, 3.63) is 52.1 Å². The number of benzene rings is 1. The standard InChI is InChI=1S/C20H23N3O4S/c1-12-14(9-22-28(25)26)5-6-17(27-11-13-3-4-13)18(12)16-10-23(2)20(24)19-15(16)7-8-21-19/h5-8,10,13,21-22H,3-4,9,11H2,1-2H3,(H,25,26). The van der Waals surface area contributed by atoms with Crippen LogP contribution in [0.25, 0.3) is 22.0 Å². The van der Waals surface area contributed by atoms with Crippen LogP contribution in [0.15, 0.2) is 35.4 Å². The Kier molecular flexibility index (Phi) is 5.09. The van der Waals surface area contributed by atoms with Gasteiger partial charge in [0.05, 0.1) is 6.61 Å². The van der Waals surface area contributed by atoms with Crippen molar-refractivity contribution in [1.82, 2.24) is 14.3 Å². The van der Waals surface area contributed by atoms with Crippen LogP contribution in [0.2, 0.25) is 0 Å². The van der Waals surface area contributed by atoms with Gasteiger partial charge >= 0.3 is 0 Å². The summed E-state index contributed by atoms with van der Waals surface area (Å²) in [7, 11) is 1.73. The van der Waals surface area contributed by atoms with Crippen LogP contribution in [0.1, 0.15) is 24.0 Å². The minimum Gasteiger partial charge on any atom is -0.493 e. The number of pyridine rings is 1. The minimum absolute atomic E-state index is 0.0876. The van der Waals surface area contributed by atoms with E-state index < -0.39 is 11.3 Å². The maximum absolute atomic E-state index is 12.4. The fraction of sp³-hybridized carbons (Fsp3) is 0.350. The lowest BCUT2D eigenvalue weighted by molar-refractivity contribution is 0.301. The predicted octanol–water partition coefficient (Wildman–Crippen LogP) is 2.86. The molecule has 0 aliphatic heterocycles. The van der Waals surface area contributed by atoms with Crippen molar-refractivity contribution in [2.24, 2.45) is 13.0 Å². The summed E-state index contributed by atoms with van der Waals surface area (Å²) in [5.41, 5.74) is 4.11. The Hall–Kier alpha value is -2.42. The number of nitrogens with zero attached hydrogens (tertiary/aromatic N) is 1. The first-order chi connectivity index (χ1) is 13.5. The molecule has 1 aliphatic carbocycles. The second-order valence-electron chi connectivity index (χ2n) is 7.27. The molecule has 2 aromatic heterocycles. The van der Waals surface area contributed by atoms with Crippen molar-refractivity contribution >= 4 is 22.2 Å². The highest BCUT2D eigenvalue weighted by molar-refractivity contribution is 7.77. The van der Waals surface area contributed by atoms with Crippen LogP contribution in [-0.2, 0) is 24.9 Å². The molecule has 7 nitrogen and oxygen atoms in total. The Balaban J connectivity index is 1.88. The van der Waals surface area contributed by atoms with Crippen LogP contribution in [0, 0.1) is 12.8 Å². The monoisotopic (exact) mass is 401 g/mol. The van der Waals surface area contributed by atoms with E-state index in [9.17, 15) is 9.00 Å². The molecule has 0 saturated heterocycles. The lowest BCUT2D eigenvalue weighted by Crippen LogP contribution is -2.18. The molecule has 0 bridgehead atoms. The summed E-state index contributed by atoms with van der Waals surface area (Å²) in [6, 6.07) is 5.71. The highest BCUT2D eigenvalue weighted by Gasteiger charge is 2.24. The van der Waals surface area contributed by atoms with Gasteiger partial charge in [-0.15, -0.1) is 0 Å². The second kappa shape index (κ2) is 7.54. The molecule has 148 valence electrons. The number of nitrogens with one attached hydrogen (secondary N) is 2. The number of ether oxygens (including phenoxy) is 1. The maximum Gasteiger partial charge on any atom is 0.274 e. The fourth-order valence-corrected chi connectivity index (χ4v) is 3.76. The van der Waals surface area contributed by atoms with E-state index >= 15 is 0 Å². The molecule has 1 saturated carbocycles. The van der Waals surface area contributed by atoms with Crippen molar-refractivity contribution in [3.63, 3.8) is 0 Å². The van der Waals surface area contributed by atoms with Gasteiger partial charge in [-0.05, 0) is 48.9 Å². The third kappa shape index (κ3) is 3.63. The van der Waals surface area contributed by atoms with Crippen LogP contribution in [0.3, 0.4) is 0 Å². The van der Waals surface area contributed by atoms with E-state index in [-0.39, 0.29) is 12.1 Å². The van der Waals surface area contributed by atoms with E-state index in [4.69, 9.17) is 9.29 Å². The number of aromatic nitrogens is 2. The summed E-state index contributed by atoms with van der Waals surface area (Å²) >= 11 is -2.09. The number of hydrogen-bond acceptors (Lipinski definition) is 3. The zero-order chi connectivity index (χ0) is 19.8. The third-order valence-corrected chi connectivity index (χ3v) is 5.65. The molecule has 2 heterocycles. The summed E-state index contributed by atoms with van der Waals surface area (Å²) in [6.07, 6.45) is 5.98. The largest absolute Gasteiger partial charge is 0.493 e. The Morgan fingerprint density at radius 3 is 2.86 bits per heavy atom. The highest BCUT2D eigenvalue weighted by Crippen LogP contribution is 2.39. The molecule has 1 fully saturated rings. The molecule has 1 aliphatic rings. The van der Waals surface area contributed by atoms with Crippen LogP contribution >= 0.6 is 0 Å². The molecule has 8 heteroatoms. The van der Waals surface area contributed by atoms with Gasteiger partial charge in [0.25, 0.3) is 5.56 Å². The zero-order valence-electron chi connectivity index (χ0n) is 15.8. The topological polar surface area (TPSA) is 96.3 Å². The van der Waals surface area contributed by atoms with Gasteiger partial charge < -0.3 is 14.3 Å². The van der Waals surface area contributed by atoms with Crippen LogP contribution in [-0.4, -0.2) is 24.9 Å². The quantitative estimate of drug-likeness (QED) is 0.531. The van der Waals surface area contributed by atoms with Crippen LogP contribution in [0.4, 0.5) is 0 Å². The second-order valence-corrected chi connectivity index (χ2v) is 8.06. The molecule has 3 aromatic rings. The van der Waals surface area contributed by atoms with E-state index in [1.807, 2.05) is 31.3 Å². The molecule has 1 unspecified atom stereocenters. The van der Waals surface area contributed by atoms with Crippen molar-refractivity contribution in [1.29, 1.82) is 0 Å². The first-order valence-corrected chi connectivity index (χ1v) is 10.3. The van der Waals surface area contributed by atoms with E-state index in [1.165, 1.54) is 12.8 Å². The molecular formula is C20H23N3O4S. The lowest BCUT2D eigenvalue weighted by Gasteiger charge is -2.18. The minimum atomic E-state index is -2.09. The Labute approximate surface area is 165 Å². The van der Waals surface area contributed by atoms with Crippen molar-refractivity contribution in [2.75, 3.05) is 6.61 Å². The number of rotatable bonds is 7. The van der Waals surface area contributed by atoms with Gasteiger partial charge in [0.2, 0.25) is 11.3 Å². The van der Waals surface area contributed by atoms with Crippen LogP contribution < -0.4 is 15.0 Å². The lowest BCUT2D eigenvalue weighted by atomic mass is 9.94. The van der Waals surface area contributed by atoms with E-state index in [1.54, 1.807) is 17.8 Å². The zero-order valence-corrected chi connectivity index (χ0v) is 16.6. The average molecular weight is 401 g/mol. The number of fused-ring (bicyclic) bond motifs is 1. The van der Waals surface area contributed by atoms with Gasteiger partial charge in [-0.2, -0.15) is 0 Å². The van der Waals surface area contributed by atoms with Gasteiger partial charge in [-0.1, -0.05) is 6.07 Å². The first kappa shape index (κ1) is 18.9. The normalized spacial score (nSPS) is 15.1. The molecule has 28 heavy (non-hydrogen) atoms. The van der Waals surface area contributed by atoms with Crippen molar-refractivity contribution in [3.8, 4) is 16.9 Å². The van der Waals surface area contributed by atoms with Gasteiger partial charge in [0, 0.05) is 42.5 Å². The van der Waals surface area contributed by atoms with Crippen molar-refractivity contribution in [2.45, 2.75) is 26.3 Å². The van der Waals surface area contributed by atoms with Gasteiger partial charge in [0.15, 0.2) is 0 Å². The molecule has 1 aromatic carbocycles. The molecule has 4 rings (SSSR count). The Bertz CT molecular complexity index is 1110. The molecule has 1 atom stereocenters. The first-order valence-electron chi connectivity index (χ1n) is 9.22. The van der Waals surface area contributed by atoms with Crippen LogP contribution in [0.5, 0.6) is 5.75 Å². The van der Waals surface area contributed by atoms with E-state index in [0.29, 0.717) is 18.0 Å². The molecule has 0 radical (unpaired) electrons. The summed E-state index contributed by atoms with van der Waals surface area (Å²) in [5, 5.41) is 0.832. The Morgan fingerprint density at radius 2 is 2.14 bits per heavy atom. The molecule has 3 N–H and O–H groups in total. The average Bonchev–Trinajstić information content (AvgIpc) is 3.36. The predicted molar refractivity (Wildman–Crippen MR) is 110 cm³/mol. The number of aromatic amines is 1. The summed E-state index contributed by atoms with van der Waals surface area (Å²) in [6.45, 7) is 2.90. The van der Waals surface area contributed by atoms with E-state index in [0.717, 1.165) is 33.4 Å². The fourth-order valence-electron chi connectivity index (χ4n) is 3.48. The third-order valence-electron chi connectivity index (χ3n) is 5.26. The summed E-state index contributed by atoms with van der Waals surface area (Å²) < 4.78 is 30.4. The maximum atomic E-state index is 12.4. The molecule has 0 amide bonds. The van der Waals surface area contributed by atoms with Crippen molar-refractivity contribution < 1.29 is 13.5 Å². The highest BCUT2D eigenvalue weighted by atomic mass is 32.2. The number of aryl methyl sites for hydroxylation is 1. The van der Waals surface area contributed by atoms with Gasteiger partial charge in [-0.3, -0.25) is 9.35 Å². The molecule has 0 spiro atoms. The summed E-state index contributed by atoms with van der Waals surface area (Å²) in [4.78, 5) is 15.5. The van der Waals surface area contributed by atoms with Gasteiger partial charge in [0.1, 0.15) is 11.3 Å². The smallest absolute Gasteiger partial charge is 0.274 e. The number of H-pyrrole nitrogens is 1.